The first kappa shape index (κ1) is 6.09. The summed E-state index contributed by atoms with van der Waals surface area (Å²) in [5, 5.41) is 0.913. The summed E-state index contributed by atoms with van der Waals surface area (Å²) in [5.74, 6) is 0.590. The average molecular weight is 146 g/mol. The van der Waals surface area contributed by atoms with Crippen molar-refractivity contribution in [2.75, 3.05) is 0 Å². The van der Waals surface area contributed by atoms with Gasteiger partial charge in [-0.15, -0.1) is 0 Å². The zero-order valence-corrected chi connectivity index (χ0v) is 5.82. The van der Waals surface area contributed by atoms with Gasteiger partial charge in [-0.1, -0.05) is 6.58 Å². The second-order valence-corrected chi connectivity index (χ2v) is 2.11. The highest BCUT2D eigenvalue weighted by Crippen LogP contribution is 2.10. The Morgan fingerprint density at radius 3 is 3.27 bits per heavy atom. The van der Waals surface area contributed by atoms with E-state index in [4.69, 9.17) is 4.42 Å². The summed E-state index contributed by atoms with van der Waals surface area (Å²) in [6.45, 7) is 3.56. The highest BCUT2D eigenvalue weighted by atomic mass is 16.3. The number of fused-ring (bicyclic) bond motifs is 1. The molecule has 0 atom stereocenters. The lowest BCUT2D eigenvalue weighted by molar-refractivity contribution is 0.602. The molecule has 0 aliphatic carbocycles. The van der Waals surface area contributed by atoms with E-state index in [2.05, 4.69) is 16.5 Å². The smallest absolute Gasteiger partial charge is 0.229 e. The van der Waals surface area contributed by atoms with Crippen molar-refractivity contribution in [1.29, 1.82) is 0 Å². The predicted molar refractivity (Wildman–Crippen MR) is 41.9 cm³/mol. The lowest BCUT2D eigenvalue weighted by Crippen LogP contribution is -1.84. The van der Waals surface area contributed by atoms with Gasteiger partial charge in [-0.3, -0.25) is 0 Å². The first-order chi connectivity index (χ1) is 5.40. The molecule has 0 aliphatic heterocycles. The fourth-order valence-corrected chi connectivity index (χ4v) is 0.867. The van der Waals surface area contributed by atoms with Crippen LogP contribution in [-0.2, 0) is 0 Å². The molecule has 11 heavy (non-hydrogen) atoms. The molecule has 0 spiro atoms. The third kappa shape index (κ3) is 0.902. The maximum atomic E-state index is 5.06. The van der Waals surface area contributed by atoms with Gasteiger partial charge in [0.15, 0.2) is 5.82 Å². The van der Waals surface area contributed by atoms with Crippen LogP contribution in [0.1, 0.15) is 5.82 Å². The zero-order valence-electron chi connectivity index (χ0n) is 5.82. The van der Waals surface area contributed by atoms with Gasteiger partial charge in [-0.25, -0.2) is 4.98 Å². The minimum atomic E-state index is 0.590. The lowest BCUT2D eigenvalue weighted by atomic mass is 10.4. The van der Waals surface area contributed by atoms with Crippen LogP contribution in [0.3, 0.4) is 0 Å². The summed E-state index contributed by atoms with van der Waals surface area (Å²) in [6, 6.07) is 1.82. The molecule has 0 saturated carbocycles. The van der Waals surface area contributed by atoms with Crippen molar-refractivity contribution in [1.82, 2.24) is 9.97 Å². The molecule has 0 saturated heterocycles. The van der Waals surface area contributed by atoms with Gasteiger partial charge in [-0.2, -0.15) is 4.98 Å². The molecule has 0 radical (unpaired) electrons. The van der Waals surface area contributed by atoms with Crippen molar-refractivity contribution in [2.45, 2.75) is 0 Å². The van der Waals surface area contributed by atoms with Crippen LogP contribution in [0.15, 0.2) is 29.5 Å². The minimum Gasteiger partial charge on any atom is -0.446 e. The minimum absolute atomic E-state index is 0.590. The largest absolute Gasteiger partial charge is 0.446 e. The zero-order chi connectivity index (χ0) is 7.68. The Balaban J connectivity index is 2.76. The van der Waals surface area contributed by atoms with E-state index in [9.17, 15) is 0 Å². The predicted octanol–water partition coefficient (Wildman–Crippen LogP) is 1.87. The summed E-state index contributed by atoms with van der Waals surface area (Å²) in [4.78, 5) is 8.07. The van der Waals surface area contributed by atoms with E-state index in [1.807, 2.05) is 6.07 Å². The van der Waals surface area contributed by atoms with Crippen LogP contribution in [0.4, 0.5) is 0 Å². The van der Waals surface area contributed by atoms with Crippen LogP contribution in [0.5, 0.6) is 0 Å². The molecule has 0 aliphatic rings. The molecule has 3 heteroatoms. The van der Waals surface area contributed by atoms with Crippen molar-refractivity contribution < 1.29 is 4.42 Å². The highest BCUT2D eigenvalue weighted by molar-refractivity contribution is 5.72. The molecule has 54 valence electrons. The molecule has 2 aromatic heterocycles. The molecule has 0 aromatic carbocycles. The van der Waals surface area contributed by atoms with Crippen LogP contribution in [0, 0.1) is 0 Å². The summed E-state index contributed by atoms with van der Waals surface area (Å²) in [6.07, 6.45) is 4.89. The van der Waals surface area contributed by atoms with Gasteiger partial charge in [0.2, 0.25) is 5.71 Å². The second-order valence-electron chi connectivity index (χ2n) is 2.11. The van der Waals surface area contributed by atoms with Crippen molar-refractivity contribution in [3.63, 3.8) is 0 Å². The topological polar surface area (TPSA) is 38.9 Å². The van der Waals surface area contributed by atoms with Gasteiger partial charge in [0, 0.05) is 6.20 Å². The molecule has 2 rings (SSSR count). The normalized spacial score (nSPS) is 10.2. The number of aromatic nitrogens is 2. The second kappa shape index (κ2) is 2.20. The van der Waals surface area contributed by atoms with Crippen LogP contribution >= 0.6 is 0 Å². The summed E-state index contributed by atoms with van der Waals surface area (Å²) in [7, 11) is 0. The number of nitrogens with zero attached hydrogens (tertiary/aromatic N) is 2. The standard InChI is InChI=1S/C8H6N2O/c1-2-7-9-5-6-3-4-11-8(6)10-7/h2-5H,1H2. The summed E-state index contributed by atoms with van der Waals surface area (Å²) in [5.41, 5.74) is 0.606. The van der Waals surface area contributed by atoms with Gasteiger partial charge in [0.1, 0.15) is 0 Å². The van der Waals surface area contributed by atoms with Crippen molar-refractivity contribution in [3.8, 4) is 0 Å². The van der Waals surface area contributed by atoms with E-state index in [-0.39, 0.29) is 0 Å². The van der Waals surface area contributed by atoms with Gasteiger partial charge < -0.3 is 4.42 Å². The Morgan fingerprint density at radius 2 is 2.45 bits per heavy atom. The number of hydrogen-bond acceptors (Lipinski definition) is 3. The van der Waals surface area contributed by atoms with Gasteiger partial charge in [-0.05, 0) is 12.1 Å². The Bertz CT molecular complexity index is 392. The van der Waals surface area contributed by atoms with Gasteiger partial charge >= 0.3 is 0 Å². The molecule has 3 nitrogen and oxygen atoms in total. The Morgan fingerprint density at radius 1 is 1.55 bits per heavy atom. The van der Waals surface area contributed by atoms with Crippen LogP contribution < -0.4 is 0 Å². The monoisotopic (exact) mass is 146 g/mol. The molecular formula is C8H6N2O. The molecule has 0 unspecified atom stereocenters. The van der Waals surface area contributed by atoms with Gasteiger partial charge in [0.25, 0.3) is 0 Å². The summed E-state index contributed by atoms with van der Waals surface area (Å²) >= 11 is 0. The highest BCUT2D eigenvalue weighted by Gasteiger charge is 1.97. The Kier molecular flexibility index (Phi) is 1.22. The third-order valence-electron chi connectivity index (χ3n) is 1.41. The molecule has 2 heterocycles. The first-order valence-electron chi connectivity index (χ1n) is 3.23. The van der Waals surface area contributed by atoms with Crippen LogP contribution in [0.2, 0.25) is 0 Å². The summed E-state index contributed by atoms with van der Waals surface area (Å²) < 4.78 is 5.06. The number of furan rings is 1. The molecule has 2 aromatic rings. The fourth-order valence-electron chi connectivity index (χ4n) is 0.867. The van der Waals surface area contributed by atoms with Crippen molar-refractivity contribution in [3.05, 3.63) is 30.9 Å². The molecule has 0 bridgehead atoms. The van der Waals surface area contributed by atoms with Crippen LogP contribution in [0.25, 0.3) is 17.2 Å². The number of hydrogen-bond donors (Lipinski definition) is 0. The molecule has 0 N–H and O–H groups in total. The van der Waals surface area contributed by atoms with Gasteiger partial charge in [0.05, 0.1) is 11.6 Å². The Hall–Kier alpha value is -1.64. The quantitative estimate of drug-likeness (QED) is 0.616. The van der Waals surface area contributed by atoms with E-state index in [1.54, 1.807) is 18.5 Å². The van der Waals surface area contributed by atoms with E-state index in [0.29, 0.717) is 11.5 Å². The van der Waals surface area contributed by atoms with Crippen LogP contribution in [-0.4, -0.2) is 9.97 Å². The molecular weight excluding hydrogens is 140 g/mol. The van der Waals surface area contributed by atoms with E-state index in [1.165, 1.54) is 0 Å². The lowest BCUT2D eigenvalue weighted by Gasteiger charge is -1.88. The van der Waals surface area contributed by atoms with E-state index < -0.39 is 0 Å². The van der Waals surface area contributed by atoms with Crippen molar-refractivity contribution in [2.24, 2.45) is 0 Å². The van der Waals surface area contributed by atoms with E-state index in [0.717, 1.165) is 5.39 Å². The Labute approximate surface area is 63.4 Å². The number of rotatable bonds is 1. The fraction of sp³-hybridized carbons (Fsp3) is 0. The maximum Gasteiger partial charge on any atom is 0.229 e. The first-order valence-corrected chi connectivity index (χ1v) is 3.23. The van der Waals surface area contributed by atoms with Crippen molar-refractivity contribution >= 4 is 17.2 Å². The SMILES string of the molecule is C=Cc1ncc2ccoc2n1. The molecule has 0 amide bonds. The van der Waals surface area contributed by atoms with E-state index >= 15 is 0 Å². The average Bonchev–Trinajstić information content (AvgIpc) is 2.50. The maximum absolute atomic E-state index is 5.06. The molecule has 0 fully saturated rings. The third-order valence-corrected chi connectivity index (χ3v) is 1.41.